The summed E-state index contributed by atoms with van der Waals surface area (Å²) >= 11 is 0. The smallest absolute Gasteiger partial charge is 0.346 e. The second-order valence-corrected chi connectivity index (χ2v) is 4.45. The minimum absolute atomic E-state index is 0.114. The number of aromatic hydroxyl groups is 1. The highest BCUT2D eigenvalue weighted by Crippen LogP contribution is 2.27. The Hall–Kier alpha value is -2.95. The number of carbonyl (C=O) groups excluding carboxylic acids is 1. The molecule has 0 aliphatic carbocycles. The molecule has 0 atom stereocenters. The standard InChI is InChI=1S/C16H9FO4/c17-10-7-5-9(6-8-10)14(18)13-11-3-1-2-4-12(11)15(19)21-16(13)20/h1-8,20H. The molecule has 0 saturated heterocycles. The fourth-order valence-corrected chi connectivity index (χ4v) is 2.15. The first-order chi connectivity index (χ1) is 10.1. The quantitative estimate of drug-likeness (QED) is 0.735. The van der Waals surface area contributed by atoms with Gasteiger partial charge in [-0.05, 0) is 30.3 Å². The van der Waals surface area contributed by atoms with Crippen molar-refractivity contribution >= 4 is 16.6 Å². The van der Waals surface area contributed by atoms with Crippen LogP contribution in [0.1, 0.15) is 15.9 Å². The molecule has 0 aliphatic heterocycles. The van der Waals surface area contributed by atoms with E-state index in [0.717, 1.165) is 12.1 Å². The van der Waals surface area contributed by atoms with Gasteiger partial charge in [0, 0.05) is 10.9 Å². The number of benzene rings is 2. The summed E-state index contributed by atoms with van der Waals surface area (Å²) in [5.74, 6) is -1.76. The normalized spacial score (nSPS) is 10.7. The topological polar surface area (TPSA) is 67.5 Å². The average molecular weight is 284 g/mol. The molecule has 0 spiro atoms. The Bertz CT molecular complexity index is 894. The molecule has 0 aliphatic rings. The molecule has 1 aromatic heterocycles. The maximum atomic E-state index is 12.9. The van der Waals surface area contributed by atoms with E-state index in [2.05, 4.69) is 0 Å². The van der Waals surface area contributed by atoms with E-state index in [1.54, 1.807) is 18.2 Å². The Balaban J connectivity index is 2.27. The summed E-state index contributed by atoms with van der Waals surface area (Å²) in [5.41, 5.74) is -0.652. The van der Waals surface area contributed by atoms with Gasteiger partial charge in [-0.2, -0.15) is 0 Å². The molecule has 21 heavy (non-hydrogen) atoms. The van der Waals surface area contributed by atoms with Crippen molar-refractivity contribution < 1.29 is 18.7 Å². The summed E-state index contributed by atoms with van der Waals surface area (Å²) < 4.78 is 17.6. The van der Waals surface area contributed by atoms with Gasteiger partial charge in [-0.25, -0.2) is 9.18 Å². The fourth-order valence-electron chi connectivity index (χ4n) is 2.15. The molecular formula is C16H9FO4. The number of fused-ring (bicyclic) bond motifs is 1. The zero-order chi connectivity index (χ0) is 15.0. The lowest BCUT2D eigenvalue weighted by Crippen LogP contribution is -2.08. The maximum Gasteiger partial charge on any atom is 0.346 e. The van der Waals surface area contributed by atoms with Crippen LogP contribution in [0.2, 0.25) is 0 Å². The molecule has 1 heterocycles. The predicted octanol–water partition coefficient (Wildman–Crippen LogP) is 2.87. The lowest BCUT2D eigenvalue weighted by Gasteiger charge is -2.06. The van der Waals surface area contributed by atoms with Crippen LogP contribution >= 0.6 is 0 Å². The van der Waals surface area contributed by atoms with Crippen molar-refractivity contribution in [1.29, 1.82) is 0 Å². The molecule has 0 radical (unpaired) electrons. The predicted molar refractivity (Wildman–Crippen MR) is 74.0 cm³/mol. The molecule has 0 amide bonds. The van der Waals surface area contributed by atoms with Crippen molar-refractivity contribution in [3.63, 3.8) is 0 Å². The van der Waals surface area contributed by atoms with Gasteiger partial charge < -0.3 is 9.52 Å². The first-order valence-corrected chi connectivity index (χ1v) is 6.13. The first-order valence-electron chi connectivity index (χ1n) is 6.13. The SMILES string of the molecule is O=C(c1ccc(F)cc1)c1c(O)oc(=O)c2ccccc12. The van der Waals surface area contributed by atoms with Crippen LogP contribution in [-0.4, -0.2) is 10.9 Å². The minimum atomic E-state index is -0.743. The molecular weight excluding hydrogens is 275 g/mol. The minimum Gasteiger partial charge on any atom is -0.480 e. The van der Waals surface area contributed by atoms with E-state index in [-0.39, 0.29) is 16.5 Å². The van der Waals surface area contributed by atoms with Crippen LogP contribution < -0.4 is 5.63 Å². The van der Waals surface area contributed by atoms with E-state index in [1.807, 2.05) is 0 Å². The lowest BCUT2D eigenvalue weighted by molar-refractivity contribution is 0.103. The van der Waals surface area contributed by atoms with Gasteiger partial charge in [-0.15, -0.1) is 0 Å². The summed E-state index contributed by atoms with van der Waals surface area (Å²) in [5, 5.41) is 10.3. The molecule has 0 unspecified atom stereocenters. The van der Waals surface area contributed by atoms with Gasteiger partial charge in [0.1, 0.15) is 11.4 Å². The number of halogens is 1. The van der Waals surface area contributed by atoms with E-state index >= 15 is 0 Å². The average Bonchev–Trinajstić information content (AvgIpc) is 2.48. The molecule has 2 aromatic carbocycles. The fraction of sp³-hybridized carbons (Fsp3) is 0. The number of carbonyl (C=O) groups is 1. The molecule has 104 valence electrons. The van der Waals surface area contributed by atoms with E-state index in [9.17, 15) is 19.1 Å². The van der Waals surface area contributed by atoms with Crippen LogP contribution in [0.4, 0.5) is 4.39 Å². The zero-order valence-electron chi connectivity index (χ0n) is 10.7. The molecule has 0 bridgehead atoms. The van der Waals surface area contributed by atoms with Crippen molar-refractivity contribution in [2.75, 3.05) is 0 Å². The summed E-state index contributed by atoms with van der Waals surface area (Å²) in [4.78, 5) is 24.1. The van der Waals surface area contributed by atoms with Crippen LogP contribution in [0, 0.1) is 5.82 Å². The second-order valence-electron chi connectivity index (χ2n) is 4.45. The van der Waals surface area contributed by atoms with E-state index < -0.39 is 23.2 Å². The molecule has 0 fully saturated rings. The lowest BCUT2D eigenvalue weighted by atomic mass is 9.99. The number of rotatable bonds is 2. The van der Waals surface area contributed by atoms with Crippen molar-refractivity contribution in [1.82, 2.24) is 0 Å². The maximum absolute atomic E-state index is 12.9. The van der Waals surface area contributed by atoms with Crippen molar-refractivity contribution in [3.05, 3.63) is 75.9 Å². The van der Waals surface area contributed by atoms with Gasteiger partial charge in [0.05, 0.1) is 5.39 Å². The van der Waals surface area contributed by atoms with Crippen molar-refractivity contribution in [2.45, 2.75) is 0 Å². The highest BCUT2D eigenvalue weighted by Gasteiger charge is 2.21. The Kier molecular flexibility index (Phi) is 3.02. The number of hydrogen-bond acceptors (Lipinski definition) is 4. The van der Waals surface area contributed by atoms with Crippen LogP contribution in [0.15, 0.2) is 57.7 Å². The summed E-state index contributed by atoms with van der Waals surface area (Å²) in [7, 11) is 0. The molecule has 5 heteroatoms. The molecule has 1 N–H and O–H groups in total. The first kappa shape index (κ1) is 13.1. The summed E-state index contributed by atoms with van der Waals surface area (Å²) in [6.45, 7) is 0. The van der Waals surface area contributed by atoms with Crippen LogP contribution in [-0.2, 0) is 0 Å². The van der Waals surface area contributed by atoms with Gasteiger partial charge >= 0.3 is 5.63 Å². The monoisotopic (exact) mass is 284 g/mol. The highest BCUT2D eigenvalue weighted by atomic mass is 19.1. The van der Waals surface area contributed by atoms with Crippen molar-refractivity contribution in [3.8, 4) is 5.95 Å². The van der Waals surface area contributed by atoms with Crippen LogP contribution in [0.25, 0.3) is 10.8 Å². The largest absolute Gasteiger partial charge is 0.480 e. The molecule has 0 saturated carbocycles. The molecule has 3 rings (SSSR count). The van der Waals surface area contributed by atoms with Crippen molar-refractivity contribution in [2.24, 2.45) is 0 Å². The van der Waals surface area contributed by atoms with Gasteiger partial charge in [0.25, 0.3) is 5.95 Å². The molecule has 3 aromatic rings. The van der Waals surface area contributed by atoms with E-state index in [0.29, 0.717) is 5.39 Å². The second kappa shape index (κ2) is 4.86. The summed E-state index contributed by atoms with van der Waals surface area (Å²) in [6, 6.07) is 11.2. The third-order valence-electron chi connectivity index (χ3n) is 3.15. The Morgan fingerprint density at radius 2 is 1.62 bits per heavy atom. The number of hydrogen-bond donors (Lipinski definition) is 1. The van der Waals surface area contributed by atoms with E-state index in [1.165, 1.54) is 18.2 Å². The molecule has 4 nitrogen and oxygen atoms in total. The van der Waals surface area contributed by atoms with Crippen LogP contribution in [0.3, 0.4) is 0 Å². The highest BCUT2D eigenvalue weighted by molar-refractivity contribution is 6.17. The Morgan fingerprint density at radius 3 is 2.29 bits per heavy atom. The number of ketones is 1. The van der Waals surface area contributed by atoms with Gasteiger partial charge in [0.15, 0.2) is 0 Å². The third kappa shape index (κ3) is 2.18. The Morgan fingerprint density at radius 1 is 1.00 bits per heavy atom. The van der Waals surface area contributed by atoms with Gasteiger partial charge in [-0.1, -0.05) is 18.2 Å². The third-order valence-corrected chi connectivity index (χ3v) is 3.15. The van der Waals surface area contributed by atoms with Gasteiger partial charge in [0.2, 0.25) is 5.78 Å². The Labute approximate surface area is 118 Å². The van der Waals surface area contributed by atoms with E-state index in [4.69, 9.17) is 4.42 Å². The van der Waals surface area contributed by atoms with Gasteiger partial charge in [-0.3, -0.25) is 4.79 Å². The summed E-state index contributed by atoms with van der Waals surface area (Å²) in [6.07, 6.45) is 0. The zero-order valence-corrected chi connectivity index (χ0v) is 10.7. The van der Waals surface area contributed by atoms with Crippen LogP contribution in [0.5, 0.6) is 5.95 Å².